The first-order valence-electron chi connectivity index (χ1n) is 5.45. The van der Waals surface area contributed by atoms with Gasteiger partial charge in [0.25, 0.3) is 0 Å². The van der Waals surface area contributed by atoms with E-state index < -0.39 is 21.7 Å². The zero-order valence-electron chi connectivity index (χ0n) is 11.2. The van der Waals surface area contributed by atoms with E-state index >= 15 is 0 Å². The van der Waals surface area contributed by atoms with Gasteiger partial charge in [-0.2, -0.15) is 4.31 Å². The van der Waals surface area contributed by atoms with Crippen molar-refractivity contribution in [3.05, 3.63) is 18.3 Å². The molecule has 8 heteroatoms. The van der Waals surface area contributed by atoms with Gasteiger partial charge in [0, 0.05) is 0 Å². The Hall–Kier alpha value is -1.83. The predicted molar refractivity (Wildman–Crippen MR) is 72.2 cm³/mol. The van der Waals surface area contributed by atoms with Gasteiger partial charge < -0.3 is 10.5 Å². The van der Waals surface area contributed by atoms with Crippen LogP contribution in [0.15, 0.2) is 18.3 Å². The van der Waals surface area contributed by atoms with Crippen LogP contribution < -0.4 is 10.0 Å². The summed E-state index contributed by atoms with van der Waals surface area (Å²) in [6.07, 6.45) is 1.12. The number of hydrogen-bond donors (Lipinski definition) is 1. The van der Waals surface area contributed by atoms with Crippen molar-refractivity contribution in [2.24, 2.45) is 0 Å². The van der Waals surface area contributed by atoms with Crippen molar-refractivity contribution in [3.8, 4) is 0 Å². The summed E-state index contributed by atoms with van der Waals surface area (Å²) in [6.45, 7) is 4.94. The second-order valence-electron chi connectivity index (χ2n) is 4.95. The number of carbonyl (C=O) groups excluding carboxylic acids is 1. The van der Waals surface area contributed by atoms with Crippen LogP contribution in [0.4, 0.5) is 16.3 Å². The lowest BCUT2D eigenvalue weighted by molar-refractivity contribution is 0.0609. The van der Waals surface area contributed by atoms with Gasteiger partial charge >= 0.3 is 6.09 Å². The third kappa shape index (κ3) is 4.40. The van der Waals surface area contributed by atoms with Gasteiger partial charge in [0.05, 0.1) is 18.1 Å². The van der Waals surface area contributed by atoms with E-state index in [1.807, 2.05) is 0 Å². The van der Waals surface area contributed by atoms with Gasteiger partial charge in [-0.15, -0.1) is 0 Å². The molecule has 0 unspecified atom stereocenters. The number of sulfonamides is 1. The Balaban J connectivity index is 3.17. The van der Waals surface area contributed by atoms with Crippen molar-refractivity contribution >= 4 is 27.6 Å². The van der Waals surface area contributed by atoms with E-state index in [2.05, 4.69) is 4.98 Å². The molecule has 0 fully saturated rings. The zero-order chi connectivity index (χ0) is 14.8. The van der Waals surface area contributed by atoms with Crippen molar-refractivity contribution in [1.82, 2.24) is 4.98 Å². The first kappa shape index (κ1) is 15.2. The van der Waals surface area contributed by atoms with Crippen LogP contribution in [0.5, 0.6) is 0 Å². The van der Waals surface area contributed by atoms with Crippen LogP contribution in [0.25, 0.3) is 0 Å². The lowest BCUT2D eigenvalue weighted by atomic mass is 10.2. The van der Waals surface area contributed by atoms with E-state index in [4.69, 9.17) is 10.5 Å². The van der Waals surface area contributed by atoms with Crippen LogP contribution in [0, 0.1) is 0 Å². The maximum atomic E-state index is 12.0. The predicted octanol–water partition coefficient (Wildman–Crippen LogP) is 1.36. The molecule has 1 aromatic rings. The Morgan fingerprint density at radius 2 is 1.95 bits per heavy atom. The van der Waals surface area contributed by atoms with Crippen molar-refractivity contribution in [2.75, 3.05) is 16.3 Å². The van der Waals surface area contributed by atoms with E-state index in [1.165, 1.54) is 18.3 Å². The number of anilines is 2. The number of carbonyl (C=O) groups is 1. The largest absolute Gasteiger partial charge is 0.443 e. The molecule has 0 aliphatic rings. The molecule has 1 aromatic heterocycles. The summed E-state index contributed by atoms with van der Waals surface area (Å²) < 4.78 is 29.0. The summed E-state index contributed by atoms with van der Waals surface area (Å²) in [5.74, 6) is 0.224. The molecule has 2 N–H and O–H groups in total. The van der Waals surface area contributed by atoms with Gasteiger partial charge in [0.1, 0.15) is 11.4 Å². The molecule has 1 rings (SSSR count). The molecule has 0 aliphatic carbocycles. The van der Waals surface area contributed by atoms with E-state index in [0.717, 1.165) is 6.26 Å². The van der Waals surface area contributed by atoms with E-state index in [0.29, 0.717) is 4.31 Å². The van der Waals surface area contributed by atoms with E-state index in [1.54, 1.807) is 20.8 Å². The molecule has 106 valence electrons. The number of nitrogens with zero attached hydrogens (tertiary/aromatic N) is 2. The average molecular weight is 287 g/mol. The maximum absolute atomic E-state index is 12.0. The highest BCUT2D eigenvalue weighted by atomic mass is 32.2. The molecular weight excluding hydrogens is 270 g/mol. The minimum absolute atomic E-state index is 0.0750. The Bertz CT molecular complexity index is 561. The van der Waals surface area contributed by atoms with Crippen molar-refractivity contribution in [1.29, 1.82) is 0 Å². The molecule has 7 nitrogen and oxygen atoms in total. The second kappa shape index (κ2) is 5.04. The Morgan fingerprint density at radius 1 is 1.37 bits per heavy atom. The summed E-state index contributed by atoms with van der Waals surface area (Å²) in [6, 6.07) is 2.78. The fourth-order valence-corrected chi connectivity index (χ4v) is 2.05. The number of rotatable bonds is 2. The highest BCUT2D eigenvalue weighted by Crippen LogP contribution is 2.20. The van der Waals surface area contributed by atoms with Crippen molar-refractivity contribution in [2.45, 2.75) is 26.4 Å². The molecule has 0 radical (unpaired) electrons. The Kier molecular flexibility index (Phi) is 4.04. The second-order valence-corrected chi connectivity index (χ2v) is 6.78. The third-order valence-corrected chi connectivity index (χ3v) is 2.92. The SMILES string of the molecule is CC(C)(C)OC(=O)N(c1ccc(N)nc1)S(C)(=O)=O. The summed E-state index contributed by atoms with van der Waals surface area (Å²) in [5, 5.41) is 0. The highest BCUT2D eigenvalue weighted by molar-refractivity contribution is 7.92. The minimum atomic E-state index is -3.82. The molecule has 1 amide bonds. The number of amides is 1. The van der Waals surface area contributed by atoms with Gasteiger partial charge in [-0.05, 0) is 32.9 Å². The molecule has 0 aromatic carbocycles. The monoisotopic (exact) mass is 287 g/mol. The Morgan fingerprint density at radius 3 is 2.32 bits per heavy atom. The van der Waals surface area contributed by atoms with Crippen molar-refractivity contribution < 1.29 is 17.9 Å². The topological polar surface area (TPSA) is 103 Å². The number of nitrogen functional groups attached to an aromatic ring is 1. The fourth-order valence-electron chi connectivity index (χ4n) is 1.25. The van der Waals surface area contributed by atoms with Gasteiger partial charge in [-0.3, -0.25) is 0 Å². The summed E-state index contributed by atoms with van der Waals surface area (Å²) >= 11 is 0. The third-order valence-electron chi connectivity index (χ3n) is 1.90. The normalized spacial score (nSPS) is 12.0. The summed E-state index contributed by atoms with van der Waals surface area (Å²) in [4.78, 5) is 15.7. The molecule has 0 bridgehead atoms. The van der Waals surface area contributed by atoms with Gasteiger partial charge in [-0.1, -0.05) is 0 Å². The first-order chi connectivity index (χ1) is 8.50. The number of hydrogen-bond acceptors (Lipinski definition) is 6. The molecule has 1 heterocycles. The molecule has 19 heavy (non-hydrogen) atoms. The first-order valence-corrected chi connectivity index (χ1v) is 7.30. The number of pyridine rings is 1. The standard InChI is InChI=1S/C11H17N3O4S/c1-11(2,3)18-10(15)14(19(4,16)17)8-5-6-9(12)13-7-8/h5-7H,1-4H3,(H2,12,13). The quantitative estimate of drug-likeness (QED) is 0.881. The lowest BCUT2D eigenvalue weighted by Gasteiger charge is -2.25. The van der Waals surface area contributed by atoms with Crippen LogP contribution in [0.1, 0.15) is 20.8 Å². The van der Waals surface area contributed by atoms with Gasteiger partial charge in [0.15, 0.2) is 0 Å². The van der Waals surface area contributed by atoms with Crippen molar-refractivity contribution in [3.63, 3.8) is 0 Å². The van der Waals surface area contributed by atoms with Crippen LogP contribution in [-0.4, -0.2) is 31.4 Å². The Labute approximate surface area is 112 Å². The molecular formula is C11H17N3O4S. The van der Waals surface area contributed by atoms with Crippen LogP contribution in [-0.2, 0) is 14.8 Å². The van der Waals surface area contributed by atoms with Crippen LogP contribution in [0.3, 0.4) is 0 Å². The number of ether oxygens (including phenoxy) is 1. The molecule has 0 atom stereocenters. The average Bonchev–Trinajstić information content (AvgIpc) is 2.16. The highest BCUT2D eigenvalue weighted by Gasteiger charge is 2.30. The molecule has 0 aliphatic heterocycles. The molecule has 0 spiro atoms. The number of nitrogens with two attached hydrogens (primary N) is 1. The van der Waals surface area contributed by atoms with Crippen LogP contribution in [0.2, 0.25) is 0 Å². The molecule has 0 saturated carbocycles. The van der Waals surface area contributed by atoms with Crippen LogP contribution >= 0.6 is 0 Å². The fraction of sp³-hybridized carbons (Fsp3) is 0.455. The minimum Gasteiger partial charge on any atom is -0.443 e. The maximum Gasteiger partial charge on any atom is 0.428 e. The number of aromatic nitrogens is 1. The van der Waals surface area contributed by atoms with Gasteiger partial charge in [-0.25, -0.2) is 18.2 Å². The van der Waals surface area contributed by atoms with E-state index in [-0.39, 0.29) is 11.5 Å². The molecule has 0 saturated heterocycles. The van der Waals surface area contributed by atoms with Gasteiger partial charge in [0.2, 0.25) is 10.0 Å². The lowest BCUT2D eigenvalue weighted by Crippen LogP contribution is -2.40. The smallest absolute Gasteiger partial charge is 0.428 e. The zero-order valence-corrected chi connectivity index (χ0v) is 12.1. The summed E-state index contributed by atoms with van der Waals surface area (Å²) in [7, 11) is -3.82. The summed E-state index contributed by atoms with van der Waals surface area (Å²) in [5.41, 5.74) is 4.69. The van der Waals surface area contributed by atoms with E-state index in [9.17, 15) is 13.2 Å².